The average molecular weight is 401 g/mol. The summed E-state index contributed by atoms with van der Waals surface area (Å²) in [5.74, 6) is 0.104. The monoisotopic (exact) mass is 400 g/mol. The Morgan fingerprint density at radius 1 is 1.30 bits per heavy atom. The molecular weight excluding hydrogens is 384 g/mol. The number of hydrogen-bond acceptors (Lipinski definition) is 6. The number of rotatable bonds is 4. The Morgan fingerprint density at radius 2 is 1.96 bits per heavy atom. The first-order valence-electron chi connectivity index (χ1n) is 6.72. The molecule has 1 aromatic carbocycles. The molecule has 0 aliphatic rings. The van der Waals surface area contributed by atoms with Crippen molar-refractivity contribution in [2.45, 2.75) is 25.2 Å². The van der Waals surface area contributed by atoms with Crippen LogP contribution in [0.25, 0.3) is 11.1 Å². The van der Waals surface area contributed by atoms with Gasteiger partial charge in [0.25, 0.3) is 0 Å². The summed E-state index contributed by atoms with van der Waals surface area (Å²) in [6, 6.07) is 1.68. The first kappa shape index (κ1) is 17.8. The molecule has 1 heterocycles. The highest BCUT2D eigenvalue weighted by molar-refractivity contribution is 9.10. The summed E-state index contributed by atoms with van der Waals surface area (Å²) in [6.45, 7) is 3.30. The SMILES string of the molecule is Cc1nc(N)ncc1-c1cc(CCO)c(Br)c(C)c1S(N)(=O)=O. The Kier molecular flexibility index (Phi) is 5.04. The summed E-state index contributed by atoms with van der Waals surface area (Å²) in [6.07, 6.45) is 1.84. The molecule has 5 N–H and O–H groups in total. The number of benzene rings is 1. The lowest BCUT2D eigenvalue weighted by molar-refractivity contribution is 0.299. The summed E-state index contributed by atoms with van der Waals surface area (Å²) >= 11 is 3.38. The van der Waals surface area contributed by atoms with Crippen molar-refractivity contribution in [3.63, 3.8) is 0 Å². The van der Waals surface area contributed by atoms with Gasteiger partial charge in [0.1, 0.15) is 0 Å². The van der Waals surface area contributed by atoms with E-state index in [0.717, 1.165) is 5.56 Å². The third-order valence-electron chi connectivity index (χ3n) is 3.47. The van der Waals surface area contributed by atoms with Gasteiger partial charge in [-0.15, -0.1) is 0 Å². The van der Waals surface area contributed by atoms with Gasteiger partial charge in [-0.1, -0.05) is 15.9 Å². The molecule has 2 rings (SSSR count). The zero-order valence-corrected chi connectivity index (χ0v) is 15.1. The third kappa shape index (κ3) is 3.52. The Morgan fingerprint density at radius 3 is 2.48 bits per heavy atom. The van der Waals surface area contributed by atoms with Crippen molar-refractivity contribution in [2.24, 2.45) is 5.14 Å². The fraction of sp³-hybridized carbons (Fsp3) is 0.286. The number of aromatic nitrogens is 2. The van der Waals surface area contributed by atoms with Gasteiger partial charge >= 0.3 is 0 Å². The van der Waals surface area contributed by atoms with Crippen molar-refractivity contribution in [1.29, 1.82) is 0 Å². The molecule has 7 nitrogen and oxygen atoms in total. The van der Waals surface area contributed by atoms with Gasteiger partial charge in [0.2, 0.25) is 16.0 Å². The van der Waals surface area contributed by atoms with Crippen LogP contribution < -0.4 is 10.9 Å². The molecule has 0 unspecified atom stereocenters. The van der Waals surface area contributed by atoms with Gasteiger partial charge in [-0.3, -0.25) is 0 Å². The molecule has 0 radical (unpaired) electrons. The van der Waals surface area contributed by atoms with Gasteiger partial charge in [-0.2, -0.15) is 0 Å². The molecule has 0 spiro atoms. The number of nitrogens with two attached hydrogens (primary N) is 2. The van der Waals surface area contributed by atoms with E-state index in [4.69, 9.17) is 10.9 Å². The van der Waals surface area contributed by atoms with Crippen molar-refractivity contribution < 1.29 is 13.5 Å². The maximum absolute atomic E-state index is 12.1. The first-order valence-corrected chi connectivity index (χ1v) is 9.05. The van der Waals surface area contributed by atoms with E-state index in [1.165, 1.54) is 6.20 Å². The number of hydrogen-bond donors (Lipinski definition) is 3. The van der Waals surface area contributed by atoms with E-state index in [0.29, 0.717) is 33.3 Å². The van der Waals surface area contributed by atoms with Gasteiger partial charge < -0.3 is 10.8 Å². The first-order chi connectivity index (χ1) is 10.7. The van der Waals surface area contributed by atoms with E-state index in [-0.39, 0.29) is 17.5 Å². The van der Waals surface area contributed by atoms with Crippen LogP contribution in [0.5, 0.6) is 0 Å². The second-order valence-electron chi connectivity index (χ2n) is 5.10. The number of primary sulfonamides is 1. The Labute approximate surface area is 142 Å². The summed E-state index contributed by atoms with van der Waals surface area (Å²) in [5, 5.41) is 14.6. The number of nitrogens with zero attached hydrogens (tertiary/aromatic N) is 2. The number of aliphatic hydroxyl groups is 1. The fourth-order valence-corrected chi connectivity index (χ4v) is 4.11. The molecule has 0 amide bonds. The molecule has 0 bridgehead atoms. The molecule has 1 aromatic heterocycles. The predicted molar refractivity (Wildman–Crippen MR) is 91.2 cm³/mol. The van der Waals surface area contributed by atoms with Crippen LogP contribution in [0.3, 0.4) is 0 Å². The highest BCUT2D eigenvalue weighted by atomic mass is 79.9. The van der Waals surface area contributed by atoms with Gasteiger partial charge in [0.05, 0.1) is 10.6 Å². The second-order valence-corrected chi connectivity index (χ2v) is 7.39. The number of halogens is 1. The van der Waals surface area contributed by atoms with E-state index < -0.39 is 10.0 Å². The lowest BCUT2D eigenvalue weighted by Crippen LogP contribution is -2.16. The minimum atomic E-state index is -3.97. The molecule has 0 aliphatic heterocycles. The topological polar surface area (TPSA) is 132 Å². The van der Waals surface area contributed by atoms with E-state index in [9.17, 15) is 13.5 Å². The van der Waals surface area contributed by atoms with Crippen LogP contribution in [0.2, 0.25) is 0 Å². The molecule has 0 saturated heterocycles. The molecule has 124 valence electrons. The maximum atomic E-state index is 12.1. The third-order valence-corrected chi connectivity index (χ3v) is 5.67. The van der Waals surface area contributed by atoms with Crippen molar-refractivity contribution in [1.82, 2.24) is 9.97 Å². The van der Waals surface area contributed by atoms with E-state index in [1.807, 2.05) is 0 Å². The van der Waals surface area contributed by atoms with Crippen LogP contribution in [-0.2, 0) is 16.4 Å². The van der Waals surface area contributed by atoms with Crippen LogP contribution >= 0.6 is 15.9 Å². The minimum absolute atomic E-state index is 0.00235. The molecule has 0 atom stereocenters. The molecule has 23 heavy (non-hydrogen) atoms. The van der Waals surface area contributed by atoms with E-state index >= 15 is 0 Å². The van der Waals surface area contributed by atoms with Gasteiger partial charge in [-0.05, 0) is 37.5 Å². The van der Waals surface area contributed by atoms with Crippen LogP contribution in [0, 0.1) is 13.8 Å². The number of aryl methyl sites for hydroxylation is 1. The Hall–Kier alpha value is -1.55. The largest absolute Gasteiger partial charge is 0.396 e. The maximum Gasteiger partial charge on any atom is 0.238 e. The van der Waals surface area contributed by atoms with E-state index in [2.05, 4.69) is 25.9 Å². The number of sulfonamides is 1. The lowest BCUT2D eigenvalue weighted by atomic mass is 9.99. The van der Waals surface area contributed by atoms with Gasteiger partial charge in [-0.25, -0.2) is 23.5 Å². The van der Waals surface area contributed by atoms with Gasteiger partial charge in [0.15, 0.2) is 0 Å². The molecule has 0 saturated carbocycles. The highest BCUT2D eigenvalue weighted by Gasteiger charge is 2.23. The summed E-state index contributed by atoms with van der Waals surface area (Å²) in [7, 11) is -3.97. The smallest absolute Gasteiger partial charge is 0.238 e. The van der Waals surface area contributed by atoms with Crippen LogP contribution in [0.1, 0.15) is 16.8 Å². The molecule has 2 aromatic rings. The quantitative estimate of drug-likeness (QED) is 0.707. The Bertz CT molecular complexity index is 869. The summed E-state index contributed by atoms with van der Waals surface area (Å²) < 4.78 is 24.8. The van der Waals surface area contributed by atoms with Crippen molar-refractivity contribution in [3.05, 3.63) is 33.6 Å². The molecule has 0 aliphatic carbocycles. The number of anilines is 1. The normalized spacial score (nSPS) is 11.7. The highest BCUT2D eigenvalue weighted by Crippen LogP contribution is 2.37. The second kappa shape index (κ2) is 6.52. The minimum Gasteiger partial charge on any atom is -0.396 e. The predicted octanol–water partition coefficient (Wildman–Crippen LogP) is 1.29. The lowest BCUT2D eigenvalue weighted by Gasteiger charge is -2.17. The number of nitrogen functional groups attached to an aromatic ring is 1. The zero-order valence-electron chi connectivity index (χ0n) is 12.7. The summed E-state index contributed by atoms with van der Waals surface area (Å²) in [4.78, 5) is 8.01. The van der Waals surface area contributed by atoms with Gasteiger partial charge in [0, 0.05) is 28.4 Å². The average Bonchev–Trinajstić information content (AvgIpc) is 2.42. The standard InChI is InChI=1S/C14H17BrN4O3S/c1-7-12(15)9(3-4-20)5-10(13(7)23(17,21)22)11-6-18-14(16)19-8(11)2/h5-6,20H,3-4H2,1-2H3,(H2,16,18,19)(H2,17,21,22). The van der Waals surface area contributed by atoms with Crippen molar-refractivity contribution in [3.8, 4) is 11.1 Å². The van der Waals surface area contributed by atoms with Crippen LogP contribution in [0.15, 0.2) is 21.6 Å². The zero-order chi connectivity index (χ0) is 17.4. The summed E-state index contributed by atoms with van der Waals surface area (Å²) in [5.41, 5.74) is 8.26. The Balaban J connectivity index is 2.89. The molecule has 9 heteroatoms. The van der Waals surface area contributed by atoms with E-state index in [1.54, 1.807) is 19.9 Å². The van der Waals surface area contributed by atoms with Crippen molar-refractivity contribution >= 4 is 31.9 Å². The van der Waals surface area contributed by atoms with Crippen molar-refractivity contribution in [2.75, 3.05) is 12.3 Å². The van der Waals surface area contributed by atoms with Crippen LogP contribution in [0.4, 0.5) is 5.95 Å². The molecule has 0 fully saturated rings. The fourth-order valence-electron chi connectivity index (χ4n) is 2.46. The van der Waals surface area contributed by atoms with Crippen LogP contribution in [-0.4, -0.2) is 30.1 Å². The molecular formula is C14H17BrN4O3S. The number of aliphatic hydroxyl groups excluding tert-OH is 1.